The number of hydrogen-bond acceptors (Lipinski definition) is 3. The first-order valence-corrected chi connectivity index (χ1v) is 4.10. The summed E-state index contributed by atoms with van der Waals surface area (Å²) < 4.78 is 5.42. The molecule has 1 aromatic carbocycles. The third-order valence-corrected chi connectivity index (χ3v) is 2.42. The van der Waals surface area contributed by atoms with Crippen LogP contribution in [0.3, 0.4) is 0 Å². The Hall–Kier alpha value is -1.06. The Bertz CT molecular complexity index is 311. The van der Waals surface area contributed by atoms with Crippen molar-refractivity contribution in [2.24, 2.45) is 0 Å². The number of rotatable bonds is 0. The average molecular weight is 162 g/mol. The maximum Gasteiger partial charge on any atom is 0.156 e. The van der Waals surface area contributed by atoms with Gasteiger partial charge in [0.1, 0.15) is 6.10 Å². The van der Waals surface area contributed by atoms with Crippen LogP contribution in [0, 0.1) is 0 Å². The molecule has 0 aliphatic carbocycles. The average Bonchev–Trinajstić information content (AvgIpc) is 2.84. The molecule has 1 saturated heterocycles. The molecule has 0 amide bonds. The molecular formula is C9H10N2O. The van der Waals surface area contributed by atoms with Gasteiger partial charge in [-0.1, -0.05) is 18.2 Å². The highest BCUT2D eigenvalue weighted by molar-refractivity contribution is 5.56. The van der Waals surface area contributed by atoms with Crippen LogP contribution in [-0.2, 0) is 4.74 Å². The lowest BCUT2D eigenvalue weighted by Gasteiger charge is -2.25. The predicted octanol–water partition coefficient (Wildman–Crippen LogP) is 1.04. The molecule has 0 radical (unpaired) electrons. The number of ether oxygens (including phenoxy) is 1. The summed E-state index contributed by atoms with van der Waals surface area (Å²) in [7, 11) is 2.01. The third kappa shape index (κ3) is 0.722. The zero-order valence-electron chi connectivity index (χ0n) is 6.82. The molecule has 3 nitrogen and oxygen atoms in total. The van der Waals surface area contributed by atoms with E-state index in [1.807, 2.05) is 18.1 Å². The second-order valence-corrected chi connectivity index (χ2v) is 3.22. The minimum Gasteiger partial charge on any atom is -0.346 e. The molecule has 0 saturated carbocycles. The Balaban J connectivity index is 2.15. The lowest BCUT2D eigenvalue weighted by molar-refractivity contribution is 0.352. The molecule has 1 fully saturated rings. The number of fused-ring (bicyclic) bond motifs is 3. The highest BCUT2D eigenvalue weighted by atomic mass is 16.6. The zero-order valence-corrected chi connectivity index (χ0v) is 6.82. The monoisotopic (exact) mass is 162 g/mol. The van der Waals surface area contributed by atoms with Gasteiger partial charge in [0.25, 0.3) is 0 Å². The quantitative estimate of drug-likeness (QED) is 0.577. The highest BCUT2D eigenvalue weighted by Crippen LogP contribution is 2.44. The molecule has 0 bridgehead atoms. The summed E-state index contributed by atoms with van der Waals surface area (Å²) in [6.45, 7) is 0. The molecule has 0 spiro atoms. The van der Waals surface area contributed by atoms with E-state index in [-0.39, 0.29) is 12.3 Å². The largest absolute Gasteiger partial charge is 0.346 e. The van der Waals surface area contributed by atoms with Gasteiger partial charge in [0, 0.05) is 12.6 Å². The number of nitrogens with one attached hydrogen (secondary N) is 1. The first-order chi connectivity index (χ1) is 5.86. The molecule has 2 atom stereocenters. The Kier molecular flexibility index (Phi) is 1.07. The van der Waals surface area contributed by atoms with Crippen LogP contribution in [-0.4, -0.2) is 13.3 Å². The van der Waals surface area contributed by atoms with Crippen molar-refractivity contribution >= 4 is 5.69 Å². The van der Waals surface area contributed by atoms with Gasteiger partial charge in [-0.05, 0) is 6.07 Å². The summed E-state index contributed by atoms with van der Waals surface area (Å²) in [5.41, 5.74) is 5.73. The van der Waals surface area contributed by atoms with Crippen LogP contribution in [0.25, 0.3) is 0 Å². The van der Waals surface area contributed by atoms with Gasteiger partial charge in [0.15, 0.2) is 6.23 Å². The zero-order chi connectivity index (χ0) is 8.13. The van der Waals surface area contributed by atoms with E-state index in [9.17, 15) is 0 Å². The van der Waals surface area contributed by atoms with E-state index in [1.165, 1.54) is 11.3 Å². The Morgan fingerprint density at radius 1 is 1.42 bits per heavy atom. The van der Waals surface area contributed by atoms with Crippen LogP contribution < -0.4 is 10.4 Å². The fourth-order valence-electron chi connectivity index (χ4n) is 1.74. The van der Waals surface area contributed by atoms with Gasteiger partial charge < -0.3 is 9.75 Å². The summed E-state index contributed by atoms with van der Waals surface area (Å²) in [5, 5.41) is 2.02. The van der Waals surface area contributed by atoms with E-state index in [0.717, 1.165) is 0 Å². The first-order valence-electron chi connectivity index (χ1n) is 4.10. The smallest absolute Gasteiger partial charge is 0.156 e. The molecule has 1 N–H and O–H groups in total. The van der Waals surface area contributed by atoms with Crippen LogP contribution in [0.15, 0.2) is 24.3 Å². The van der Waals surface area contributed by atoms with Gasteiger partial charge in [-0.15, -0.1) is 0 Å². The minimum absolute atomic E-state index is 0.213. The normalized spacial score (nSPS) is 30.9. The van der Waals surface area contributed by atoms with Gasteiger partial charge >= 0.3 is 0 Å². The van der Waals surface area contributed by atoms with Crippen molar-refractivity contribution in [2.75, 3.05) is 12.1 Å². The molecule has 62 valence electrons. The van der Waals surface area contributed by atoms with Crippen molar-refractivity contribution in [1.29, 1.82) is 0 Å². The van der Waals surface area contributed by atoms with Crippen LogP contribution >= 0.6 is 0 Å². The summed E-state index contributed by atoms with van der Waals surface area (Å²) in [4.78, 5) is 0. The van der Waals surface area contributed by atoms with Gasteiger partial charge in [-0.2, -0.15) is 0 Å². The molecule has 12 heavy (non-hydrogen) atoms. The maximum absolute atomic E-state index is 5.42. The summed E-state index contributed by atoms with van der Waals surface area (Å²) in [6, 6.07) is 8.31. The van der Waals surface area contributed by atoms with E-state index < -0.39 is 0 Å². The standard InChI is InChI=1S/C9H10N2O/c1-11-7-5-3-2-4-6(7)8-9(10-11)12-8/h2-5,8-10H,1H3. The van der Waals surface area contributed by atoms with Crippen molar-refractivity contribution in [3.05, 3.63) is 29.8 Å². The van der Waals surface area contributed by atoms with Crippen molar-refractivity contribution in [3.63, 3.8) is 0 Å². The highest BCUT2D eigenvalue weighted by Gasteiger charge is 2.45. The molecule has 3 heteroatoms. The van der Waals surface area contributed by atoms with Crippen LogP contribution in [0.1, 0.15) is 11.7 Å². The van der Waals surface area contributed by atoms with Crippen molar-refractivity contribution in [1.82, 2.24) is 5.43 Å². The fraction of sp³-hybridized carbons (Fsp3) is 0.333. The number of para-hydroxylation sites is 1. The van der Waals surface area contributed by atoms with E-state index >= 15 is 0 Å². The Labute approximate surface area is 70.9 Å². The first kappa shape index (κ1) is 6.46. The fourth-order valence-corrected chi connectivity index (χ4v) is 1.74. The second-order valence-electron chi connectivity index (χ2n) is 3.22. The Morgan fingerprint density at radius 2 is 2.25 bits per heavy atom. The van der Waals surface area contributed by atoms with Gasteiger partial charge in [0.2, 0.25) is 0 Å². The van der Waals surface area contributed by atoms with Gasteiger partial charge in [-0.3, -0.25) is 0 Å². The molecule has 2 aliphatic rings. The second kappa shape index (κ2) is 2.00. The molecular weight excluding hydrogens is 152 g/mol. The predicted molar refractivity (Wildman–Crippen MR) is 45.6 cm³/mol. The minimum atomic E-state index is 0.213. The third-order valence-electron chi connectivity index (χ3n) is 2.42. The van der Waals surface area contributed by atoms with Crippen molar-refractivity contribution in [2.45, 2.75) is 12.3 Å². The topological polar surface area (TPSA) is 27.8 Å². The summed E-state index contributed by atoms with van der Waals surface area (Å²) >= 11 is 0. The van der Waals surface area contributed by atoms with Crippen LogP contribution in [0.4, 0.5) is 5.69 Å². The number of anilines is 1. The van der Waals surface area contributed by atoms with Crippen LogP contribution in [0.5, 0.6) is 0 Å². The van der Waals surface area contributed by atoms with Gasteiger partial charge in [-0.25, -0.2) is 5.43 Å². The number of hydrazine groups is 1. The number of benzene rings is 1. The molecule has 2 aliphatic heterocycles. The molecule has 3 rings (SSSR count). The lowest BCUT2D eigenvalue weighted by atomic mass is 10.1. The van der Waals surface area contributed by atoms with Crippen LogP contribution in [0.2, 0.25) is 0 Å². The molecule has 2 heterocycles. The van der Waals surface area contributed by atoms with E-state index in [0.29, 0.717) is 0 Å². The summed E-state index contributed by atoms with van der Waals surface area (Å²) in [6.07, 6.45) is 0.502. The van der Waals surface area contributed by atoms with E-state index in [1.54, 1.807) is 0 Å². The Morgan fingerprint density at radius 3 is 3.17 bits per heavy atom. The summed E-state index contributed by atoms with van der Waals surface area (Å²) in [5.74, 6) is 0. The number of nitrogens with zero attached hydrogens (tertiary/aromatic N) is 1. The number of hydrogen-bond donors (Lipinski definition) is 1. The van der Waals surface area contributed by atoms with Crippen molar-refractivity contribution in [3.8, 4) is 0 Å². The van der Waals surface area contributed by atoms with Crippen molar-refractivity contribution < 1.29 is 4.74 Å². The molecule has 0 aromatic heterocycles. The maximum atomic E-state index is 5.42. The van der Waals surface area contributed by atoms with Gasteiger partial charge in [0.05, 0.1) is 5.69 Å². The molecule has 2 unspecified atom stereocenters. The SMILES string of the molecule is CN1NC2OC2c2ccccc21. The number of epoxide rings is 1. The lowest BCUT2D eigenvalue weighted by Crippen LogP contribution is -2.40. The van der Waals surface area contributed by atoms with E-state index in [2.05, 4.69) is 23.6 Å². The van der Waals surface area contributed by atoms with E-state index in [4.69, 9.17) is 4.74 Å². The molecule has 1 aromatic rings.